The van der Waals surface area contributed by atoms with E-state index < -0.39 is 0 Å². The molecule has 0 spiro atoms. The summed E-state index contributed by atoms with van der Waals surface area (Å²) in [5.74, 6) is 0.542. The predicted octanol–water partition coefficient (Wildman–Crippen LogP) is 1.25. The molecule has 22 heavy (non-hydrogen) atoms. The average Bonchev–Trinajstić information content (AvgIpc) is 2.39. The van der Waals surface area contributed by atoms with Crippen molar-refractivity contribution >= 4 is 11.9 Å². The fourth-order valence-electron chi connectivity index (χ4n) is 1.63. The van der Waals surface area contributed by atoms with Crippen molar-refractivity contribution in [2.75, 3.05) is 40.8 Å². The monoisotopic (exact) mass is 312 g/mol. The van der Waals surface area contributed by atoms with Crippen molar-refractivity contribution in [3.63, 3.8) is 0 Å². The molecule has 0 fully saturated rings. The van der Waals surface area contributed by atoms with Gasteiger partial charge in [-0.3, -0.25) is 4.79 Å². The molecule has 1 atom stereocenters. The van der Waals surface area contributed by atoms with Gasteiger partial charge in [0.15, 0.2) is 5.96 Å². The van der Waals surface area contributed by atoms with Crippen molar-refractivity contribution in [2.24, 2.45) is 10.4 Å². The number of aliphatic imine (C=N–C) groups is 1. The lowest BCUT2D eigenvalue weighted by Crippen LogP contribution is -2.46. The predicted molar refractivity (Wildman–Crippen MR) is 92.1 cm³/mol. The Morgan fingerprint density at radius 2 is 1.91 bits per heavy atom. The third-order valence-electron chi connectivity index (χ3n) is 3.13. The highest BCUT2D eigenvalue weighted by molar-refractivity contribution is 5.84. The van der Waals surface area contributed by atoms with Gasteiger partial charge in [0.05, 0.1) is 6.10 Å². The number of amides is 1. The number of rotatable bonds is 7. The van der Waals surface area contributed by atoms with Crippen LogP contribution in [0, 0.1) is 5.41 Å². The van der Waals surface area contributed by atoms with Crippen LogP contribution in [0.3, 0.4) is 0 Å². The van der Waals surface area contributed by atoms with Crippen LogP contribution >= 0.6 is 0 Å². The van der Waals surface area contributed by atoms with Crippen molar-refractivity contribution < 1.29 is 9.53 Å². The summed E-state index contributed by atoms with van der Waals surface area (Å²) in [4.78, 5) is 17.5. The van der Waals surface area contributed by atoms with Crippen LogP contribution in [0.5, 0.6) is 0 Å². The zero-order chi connectivity index (χ0) is 17.3. The average molecular weight is 312 g/mol. The lowest BCUT2D eigenvalue weighted by molar-refractivity contribution is -0.127. The van der Waals surface area contributed by atoms with Crippen LogP contribution in [0.4, 0.5) is 0 Å². The summed E-state index contributed by atoms with van der Waals surface area (Å²) in [6.07, 6.45) is 0.0360. The summed E-state index contributed by atoms with van der Waals surface area (Å²) in [6, 6.07) is 0. The maximum Gasteiger partial charge on any atom is 0.243 e. The molecule has 0 aliphatic carbocycles. The van der Waals surface area contributed by atoms with E-state index in [0.29, 0.717) is 19.0 Å². The van der Waals surface area contributed by atoms with E-state index in [1.165, 1.54) is 4.90 Å². The molecule has 0 aromatic carbocycles. The van der Waals surface area contributed by atoms with E-state index in [4.69, 9.17) is 4.74 Å². The van der Waals surface area contributed by atoms with Crippen molar-refractivity contribution in [3.8, 4) is 0 Å². The lowest BCUT2D eigenvalue weighted by atomic mass is 9.89. The second-order valence-electron chi connectivity index (χ2n) is 6.73. The molecule has 0 saturated carbocycles. The van der Waals surface area contributed by atoms with Gasteiger partial charge >= 0.3 is 0 Å². The first kappa shape index (κ1) is 20.4. The number of likely N-dealkylation sites (N-methyl/N-ethyl adjacent to an activating group) is 1. The molecule has 1 amide bonds. The van der Waals surface area contributed by atoms with Gasteiger partial charge in [0, 0.05) is 34.3 Å². The van der Waals surface area contributed by atoms with Crippen molar-refractivity contribution in [3.05, 3.63) is 12.2 Å². The quantitative estimate of drug-likeness (QED) is 0.422. The summed E-state index contributed by atoms with van der Waals surface area (Å²) in [5, 5.41) is 6.39. The smallest absolute Gasteiger partial charge is 0.243 e. The van der Waals surface area contributed by atoms with Gasteiger partial charge in [-0.05, 0) is 12.3 Å². The topological polar surface area (TPSA) is 66.0 Å². The number of carbonyl (C=O) groups excluding carboxylic acids is 1. The number of methoxy groups -OCH3 is 1. The number of hydrogen-bond donors (Lipinski definition) is 2. The van der Waals surface area contributed by atoms with Gasteiger partial charge in [-0.1, -0.05) is 32.9 Å². The zero-order valence-electron chi connectivity index (χ0n) is 15.1. The second kappa shape index (κ2) is 9.46. The molecule has 128 valence electrons. The Labute approximate surface area is 135 Å². The number of guanidine groups is 1. The molecule has 6 heteroatoms. The summed E-state index contributed by atoms with van der Waals surface area (Å²) in [7, 11) is 5.13. The largest absolute Gasteiger partial charge is 0.379 e. The highest BCUT2D eigenvalue weighted by atomic mass is 16.5. The minimum Gasteiger partial charge on any atom is -0.379 e. The molecular weight excluding hydrogens is 280 g/mol. The second-order valence-corrected chi connectivity index (χ2v) is 6.73. The fraction of sp³-hybridized carbons (Fsp3) is 0.750. The highest BCUT2D eigenvalue weighted by Crippen LogP contribution is 2.20. The standard InChI is InChI=1S/C16H32N4O2/c1-12(2)9-17-15(19-11-14(21)20(6)7)18-10-13(22-8)16(3,4)5/h13H,1,9-11H2,2-8H3,(H2,17,18,19). The highest BCUT2D eigenvalue weighted by Gasteiger charge is 2.24. The molecule has 0 aliphatic rings. The molecule has 0 radical (unpaired) electrons. The summed E-state index contributed by atoms with van der Waals surface area (Å²) in [6.45, 7) is 13.5. The van der Waals surface area contributed by atoms with Gasteiger partial charge in [0.1, 0.15) is 6.54 Å². The zero-order valence-corrected chi connectivity index (χ0v) is 15.1. The van der Waals surface area contributed by atoms with E-state index in [1.54, 1.807) is 21.2 Å². The normalized spacial score (nSPS) is 13.5. The molecule has 0 bridgehead atoms. The van der Waals surface area contributed by atoms with Crippen LogP contribution in [0.1, 0.15) is 27.7 Å². The molecule has 0 aromatic rings. The lowest BCUT2D eigenvalue weighted by Gasteiger charge is -2.30. The molecular formula is C16H32N4O2. The summed E-state index contributed by atoms with van der Waals surface area (Å²) in [5.41, 5.74) is 1.01. The van der Waals surface area contributed by atoms with Gasteiger partial charge in [0.25, 0.3) is 0 Å². The number of ether oxygens (including phenoxy) is 1. The van der Waals surface area contributed by atoms with E-state index in [-0.39, 0.29) is 24.0 Å². The van der Waals surface area contributed by atoms with Gasteiger partial charge in [-0.2, -0.15) is 0 Å². The van der Waals surface area contributed by atoms with Crippen LogP contribution in [0.2, 0.25) is 0 Å². The van der Waals surface area contributed by atoms with E-state index in [9.17, 15) is 4.79 Å². The molecule has 1 unspecified atom stereocenters. The molecule has 0 saturated heterocycles. The summed E-state index contributed by atoms with van der Waals surface area (Å²) < 4.78 is 5.52. The minimum atomic E-state index is -0.0458. The third kappa shape index (κ3) is 8.67. The van der Waals surface area contributed by atoms with E-state index >= 15 is 0 Å². The molecule has 6 nitrogen and oxygen atoms in total. The van der Waals surface area contributed by atoms with Crippen LogP contribution in [-0.4, -0.2) is 63.7 Å². The Kier molecular flexibility index (Phi) is 8.79. The Hall–Kier alpha value is -1.56. The van der Waals surface area contributed by atoms with Crippen LogP contribution in [0.15, 0.2) is 17.1 Å². The molecule has 0 aromatic heterocycles. The van der Waals surface area contributed by atoms with E-state index in [0.717, 1.165) is 5.57 Å². The number of nitrogens with one attached hydrogen (secondary N) is 2. The van der Waals surface area contributed by atoms with Crippen LogP contribution in [0.25, 0.3) is 0 Å². The van der Waals surface area contributed by atoms with Crippen molar-refractivity contribution in [2.45, 2.75) is 33.8 Å². The first-order valence-electron chi connectivity index (χ1n) is 7.47. The third-order valence-corrected chi connectivity index (χ3v) is 3.13. The number of hydrogen-bond acceptors (Lipinski definition) is 3. The Bertz CT molecular complexity index is 397. The van der Waals surface area contributed by atoms with Crippen molar-refractivity contribution in [1.29, 1.82) is 0 Å². The van der Waals surface area contributed by atoms with Gasteiger partial charge in [0.2, 0.25) is 5.91 Å². The molecule has 0 rings (SSSR count). The van der Waals surface area contributed by atoms with E-state index in [2.05, 4.69) is 43.0 Å². The number of nitrogens with zero attached hydrogens (tertiary/aromatic N) is 2. The SMILES string of the molecule is C=C(C)CNC(=NCC(=O)N(C)C)NCC(OC)C(C)(C)C. The Balaban J connectivity index is 4.75. The van der Waals surface area contributed by atoms with Gasteiger partial charge < -0.3 is 20.3 Å². The number of carbonyl (C=O) groups is 1. The first-order valence-corrected chi connectivity index (χ1v) is 7.47. The maximum atomic E-state index is 11.7. The Morgan fingerprint density at radius 1 is 1.32 bits per heavy atom. The first-order chi connectivity index (χ1) is 10.1. The van der Waals surface area contributed by atoms with Gasteiger partial charge in [-0.15, -0.1) is 0 Å². The minimum absolute atomic E-state index is 0.0146. The van der Waals surface area contributed by atoms with E-state index in [1.807, 2.05) is 6.92 Å². The van der Waals surface area contributed by atoms with Crippen LogP contribution < -0.4 is 10.6 Å². The maximum absolute atomic E-state index is 11.7. The van der Waals surface area contributed by atoms with Crippen LogP contribution in [-0.2, 0) is 9.53 Å². The summed E-state index contributed by atoms with van der Waals surface area (Å²) >= 11 is 0. The molecule has 0 aliphatic heterocycles. The fourth-order valence-corrected chi connectivity index (χ4v) is 1.63. The molecule has 0 heterocycles. The molecule has 2 N–H and O–H groups in total. The van der Waals surface area contributed by atoms with Gasteiger partial charge in [-0.25, -0.2) is 4.99 Å². The van der Waals surface area contributed by atoms with Crippen molar-refractivity contribution in [1.82, 2.24) is 15.5 Å². The Morgan fingerprint density at radius 3 is 2.32 bits per heavy atom.